The molecule has 0 atom stereocenters. The summed E-state index contributed by atoms with van der Waals surface area (Å²) in [5.74, 6) is -0.152. The highest BCUT2D eigenvalue weighted by atomic mass is 79.9. The van der Waals surface area contributed by atoms with E-state index in [9.17, 15) is 4.79 Å². The third-order valence-corrected chi connectivity index (χ3v) is 5.35. The third-order valence-electron chi connectivity index (χ3n) is 4.54. The molecular weight excluding hydrogens is 340 g/mol. The van der Waals surface area contributed by atoms with E-state index in [2.05, 4.69) is 48.9 Å². The van der Waals surface area contributed by atoms with Gasteiger partial charge in [0, 0.05) is 27.4 Å². The van der Waals surface area contributed by atoms with Crippen LogP contribution in [0.2, 0.25) is 5.02 Å². The fourth-order valence-corrected chi connectivity index (χ4v) is 4.19. The Kier molecular flexibility index (Phi) is 3.95. The molecule has 3 N–H and O–H groups in total. The molecule has 2 rings (SSSR count). The second-order valence-corrected chi connectivity index (χ2v) is 7.97. The molecule has 1 amide bonds. The summed E-state index contributed by atoms with van der Waals surface area (Å²) in [6, 6.07) is 5.33. The van der Waals surface area contributed by atoms with Crippen LogP contribution in [0.25, 0.3) is 0 Å². The average Bonchev–Trinajstić information content (AvgIpc) is 2.34. The number of nitrogens with one attached hydrogen (secondary N) is 1. The van der Waals surface area contributed by atoms with Crippen LogP contribution < -0.4 is 11.1 Å². The summed E-state index contributed by atoms with van der Waals surface area (Å²) in [6.45, 7) is 8.32. The molecule has 0 spiro atoms. The highest BCUT2D eigenvalue weighted by molar-refractivity contribution is 9.10. The molecule has 110 valence electrons. The Labute approximate surface area is 133 Å². The Morgan fingerprint density at radius 2 is 1.85 bits per heavy atom. The van der Waals surface area contributed by atoms with Crippen molar-refractivity contribution in [3.8, 4) is 0 Å². The number of nitrogens with two attached hydrogens (primary N) is 1. The normalized spacial score (nSPS) is 26.8. The third kappa shape index (κ3) is 2.38. The SMILES string of the molecule is CC1(C)C(N)C(C)(C)C1NC(=O)c1ccc(Br)cc1Cl. The standard InChI is InChI=1S/C15H20BrClN2O/c1-14(2)12(18)15(3,4)13(14)19-11(20)9-6-5-8(16)7-10(9)17/h5-7,12-13H,18H2,1-4H3,(H,19,20). The Hall–Kier alpha value is -0.580. The summed E-state index contributed by atoms with van der Waals surface area (Å²) in [6.07, 6.45) is 0. The zero-order chi connectivity index (χ0) is 15.3. The molecule has 0 aliphatic heterocycles. The molecule has 1 aliphatic rings. The van der Waals surface area contributed by atoms with Crippen molar-refractivity contribution >= 4 is 33.4 Å². The fourth-order valence-electron chi connectivity index (χ4n) is 3.43. The maximum Gasteiger partial charge on any atom is 0.253 e. The van der Waals surface area contributed by atoms with Crippen LogP contribution in [0.5, 0.6) is 0 Å². The lowest BCUT2D eigenvalue weighted by atomic mass is 9.48. The van der Waals surface area contributed by atoms with Crippen LogP contribution in [-0.2, 0) is 0 Å². The Bertz CT molecular complexity index is 541. The molecule has 20 heavy (non-hydrogen) atoms. The van der Waals surface area contributed by atoms with Crippen molar-refractivity contribution in [1.82, 2.24) is 5.32 Å². The molecule has 1 fully saturated rings. The maximum absolute atomic E-state index is 12.4. The molecule has 0 bridgehead atoms. The summed E-state index contributed by atoms with van der Waals surface area (Å²) in [5, 5.41) is 3.53. The van der Waals surface area contributed by atoms with Gasteiger partial charge in [-0.1, -0.05) is 55.2 Å². The van der Waals surface area contributed by atoms with Gasteiger partial charge in [-0.05, 0) is 18.2 Å². The van der Waals surface area contributed by atoms with Gasteiger partial charge in [0.1, 0.15) is 0 Å². The first-order chi connectivity index (χ1) is 9.08. The zero-order valence-corrected chi connectivity index (χ0v) is 14.5. The lowest BCUT2D eigenvalue weighted by Crippen LogP contribution is -2.76. The Morgan fingerprint density at radius 1 is 1.30 bits per heavy atom. The van der Waals surface area contributed by atoms with Gasteiger partial charge in [0.05, 0.1) is 10.6 Å². The average molecular weight is 360 g/mol. The molecule has 0 unspecified atom stereocenters. The summed E-state index contributed by atoms with van der Waals surface area (Å²) in [4.78, 5) is 12.4. The van der Waals surface area contributed by atoms with E-state index in [1.54, 1.807) is 12.1 Å². The molecular formula is C15H20BrClN2O. The molecule has 1 aliphatic carbocycles. The van der Waals surface area contributed by atoms with Crippen LogP contribution in [0.15, 0.2) is 22.7 Å². The van der Waals surface area contributed by atoms with Crippen molar-refractivity contribution in [2.75, 3.05) is 0 Å². The van der Waals surface area contributed by atoms with E-state index < -0.39 is 0 Å². The maximum atomic E-state index is 12.4. The number of benzene rings is 1. The van der Waals surface area contributed by atoms with Gasteiger partial charge in [-0.2, -0.15) is 0 Å². The monoisotopic (exact) mass is 358 g/mol. The second-order valence-electron chi connectivity index (χ2n) is 6.65. The quantitative estimate of drug-likeness (QED) is 0.848. The molecule has 0 heterocycles. The molecule has 1 aromatic rings. The van der Waals surface area contributed by atoms with Gasteiger partial charge in [0.2, 0.25) is 0 Å². The lowest BCUT2D eigenvalue weighted by molar-refractivity contribution is -0.0663. The summed E-state index contributed by atoms with van der Waals surface area (Å²) < 4.78 is 0.852. The molecule has 3 nitrogen and oxygen atoms in total. The molecule has 0 saturated heterocycles. The van der Waals surface area contributed by atoms with Crippen LogP contribution in [0.4, 0.5) is 0 Å². The van der Waals surface area contributed by atoms with Gasteiger partial charge in [0.15, 0.2) is 0 Å². The van der Waals surface area contributed by atoms with Crippen molar-refractivity contribution in [1.29, 1.82) is 0 Å². The van der Waals surface area contributed by atoms with E-state index in [4.69, 9.17) is 17.3 Å². The zero-order valence-electron chi connectivity index (χ0n) is 12.1. The number of carbonyl (C=O) groups is 1. The summed E-state index contributed by atoms with van der Waals surface area (Å²) >= 11 is 9.46. The Morgan fingerprint density at radius 3 is 2.35 bits per heavy atom. The van der Waals surface area contributed by atoms with Gasteiger partial charge in [-0.3, -0.25) is 4.79 Å². The molecule has 1 saturated carbocycles. The van der Waals surface area contributed by atoms with Crippen LogP contribution in [0.1, 0.15) is 38.1 Å². The second kappa shape index (κ2) is 5.00. The van der Waals surface area contributed by atoms with Crippen molar-refractivity contribution in [3.63, 3.8) is 0 Å². The number of hydrogen-bond donors (Lipinski definition) is 2. The molecule has 0 aromatic heterocycles. The number of hydrogen-bond acceptors (Lipinski definition) is 2. The first-order valence-electron chi connectivity index (χ1n) is 6.60. The van der Waals surface area contributed by atoms with Gasteiger partial charge in [-0.25, -0.2) is 0 Å². The fraction of sp³-hybridized carbons (Fsp3) is 0.533. The lowest BCUT2D eigenvalue weighted by Gasteiger charge is -2.62. The highest BCUT2D eigenvalue weighted by Gasteiger charge is 2.60. The number of rotatable bonds is 2. The first kappa shape index (κ1) is 15.8. The van der Waals surface area contributed by atoms with E-state index in [1.165, 1.54) is 0 Å². The van der Waals surface area contributed by atoms with Crippen molar-refractivity contribution < 1.29 is 4.79 Å². The molecule has 5 heteroatoms. The summed E-state index contributed by atoms with van der Waals surface area (Å²) in [5.41, 5.74) is 6.44. The highest BCUT2D eigenvalue weighted by Crippen LogP contribution is 2.52. The summed E-state index contributed by atoms with van der Waals surface area (Å²) in [7, 11) is 0. The van der Waals surface area contributed by atoms with E-state index >= 15 is 0 Å². The van der Waals surface area contributed by atoms with Crippen LogP contribution in [-0.4, -0.2) is 18.0 Å². The predicted molar refractivity (Wildman–Crippen MR) is 85.9 cm³/mol. The number of amides is 1. The molecule has 0 radical (unpaired) electrons. The van der Waals surface area contributed by atoms with Gasteiger partial charge >= 0.3 is 0 Å². The topological polar surface area (TPSA) is 55.1 Å². The van der Waals surface area contributed by atoms with Crippen molar-refractivity contribution in [2.24, 2.45) is 16.6 Å². The van der Waals surface area contributed by atoms with Gasteiger partial charge < -0.3 is 11.1 Å². The van der Waals surface area contributed by atoms with E-state index in [-0.39, 0.29) is 28.8 Å². The van der Waals surface area contributed by atoms with Crippen LogP contribution in [0, 0.1) is 10.8 Å². The van der Waals surface area contributed by atoms with Crippen LogP contribution in [0.3, 0.4) is 0 Å². The molecule has 1 aromatic carbocycles. The minimum absolute atomic E-state index is 0.0252. The van der Waals surface area contributed by atoms with E-state index in [0.29, 0.717) is 10.6 Å². The smallest absolute Gasteiger partial charge is 0.253 e. The van der Waals surface area contributed by atoms with Crippen molar-refractivity contribution in [2.45, 2.75) is 39.8 Å². The first-order valence-corrected chi connectivity index (χ1v) is 7.77. The van der Waals surface area contributed by atoms with E-state index in [0.717, 1.165) is 4.47 Å². The van der Waals surface area contributed by atoms with Crippen molar-refractivity contribution in [3.05, 3.63) is 33.3 Å². The van der Waals surface area contributed by atoms with Gasteiger partial charge in [0.25, 0.3) is 5.91 Å². The minimum Gasteiger partial charge on any atom is -0.348 e. The van der Waals surface area contributed by atoms with E-state index in [1.807, 2.05) is 6.07 Å². The van der Waals surface area contributed by atoms with Crippen LogP contribution >= 0.6 is 27.5 Å². The largest absolute Gasteiger partial charge is 0.348 e. The number of carbonyl (C=O) groups excluding carboxylic acids is 1. The Balaban J connectivity index is 2.20. The predicted octanol–water partition coefficient (Wildman–Crippen LogP) is 3.59. The minimum atomic E-state index is -0.152. The van der Waals surface area contributed by atoms with Gasteiger partial charge in [-0.15, -0.1) is 0 Å². The number of halogens is 2.